The van der Waals surface area contributed by atoms with E-state index in [-0.39, 0.29) is 42.1 Å². The lowest BCUT2D eigenvalue weighted by Crippen LogP contribution is -2.04. The number of halogens is 4. The van der Waals surface area contributed by atoms with E-state index in [1.807, 2.05) is 0 Å². The third-order valence-electron chi connectivity index (χ3n) is 5.12. The maximum Gasteiger partial charge on any atom is 0.262 e. The molecule has 0 aliphatic carbocycles. The predicted molar refractivity (Wildman–Crippen MR) is 139 cm³/mol. The van der Waals surface area contributed by atoms with Gasteiger partial charge in [-0.05, 0) is 23.3 Å². The Labute approximate surface area is 216 Å². The maximum atomic E-state index is 12.9. The Bertz CT molecular complexity index is 1480. The van der Waals surface area contributed by atoms with Crippen molar-refractivity contribution in [1.82, 2.24) is 0 Å². The fourth-order valence-electron chi connectivity index (χ4n) is 3.80. The van der Waals surface area contributed by atoms with Crippen LogP contribution in [0, 0.1) is 0 Å². The first kappa shape index (κ1) is 25.0. The van der Waals surface area contributed by atoms with Gasteiger partial charge in [0.2, 0.25) is 0 Å². The van der Waals surface area contributed by atoms with Gasteiger partial charge in [-0.3, -0.25) is 0 Å². The van der Waals surface area contributed by atoms with Crippen molar-refractivity contribution in [2.75, 3.05) is 0 Å². The molecule has 0 atom stereocenters. The molecule has 4 nitrogen and oxygen atoms in total. The second kappa shape index (κ2) is 9.53. The van der Waals surface area contributed by atoms with Gasteiger partial charge in [0.05, 0.1) is 9.79 Å². The van der Waals surface area contributed by atoms with Crippen molar-refractivity contribution >= 4 is 62.7 Å². The minimum absolute atomic E-state index is 0.0197. The van der Waals surface area contributed by atoms with Gasteiger partial charge < -0.3 is 0 Å². The van der Waals surface area contributed by atoms with Gasteiger partial charge in [-0.15, -0.1) is 0 Å². The third-order valence-corrected chi connectivity index (χ3v) is 8.50. The summed E-state index contributed by atoms with van der Waals surface area (Å²) in [6.07, 6.45) is 0. The van der Waals surface area contributed by atoms with Crippen molar-refractivity contribution in [1.29, 1.82) is 0 Å². The van der Waals surface area contributed by atoms with E-state index < -0.39 is 18.1 Å². The normalized spacial score (nSPS) is 12.0. The largest absolute Gasteiger partial charge is 0.262 e. The molecule has 174 valence electrons. The molecule has 0 aliphatic rings. The lowest BCUT2D eigenvalue weighted by atomic mass is 9.95. The van der Waals surface area contributed by atoms with E-state index in [2.05, 4.69) is 0 Å². The highest BCUT2D eigenvalue weighted by Gasteiger charge is 2.30. The van der Waals surface area contributed by atoms with Crippen molar-refractivity contribution in [3.05, 3.63) is 95.0 Å². The van der Waals surface area contributed by atoms with Gasteiger partial charge >= 0.3 is 0 Å². The van der Waals surface area contributed by atoms with Crippen molar-refractivity contribution in [3.8, 4) is 33.4 Å². The Morgan fingerprint density at radius 3 is 1.09 bits per heavy atom. The molecule has 4 rings (SSSR count). The van der Waals surface area contributed by atoms with Crippen molar-refractivity contribution in [2.24, 2.45) is 0 Å². The van der Waals surface area contributed by atoms with Gasteiger partial charge in [-0.25, -0.2) is 16.8 Å². The van der Waals surface area contributed by atoms with E-state index in [0.717, 1.165) is 0 Å². The number of rotatable bonds is 5. The van der Waals surface area contributed by atoms with E-state index in [4.69, 9.17) is 44.6 Å². The van der Waals surface area contributed by atoms with Gasteiger partial charge in [0.25, 0.3) is 18.1 Å². The first-order valence-corrected chi connectivity index (χ1v) is 15.0. The summed E-state index contributed by atoms with van der Waals surface area (Å²) in [6, 6.07) is 22.8. The first-order valence-electron chi connectivity index (χ1n) is 9.65. The molecule has 0 saturated carbocycles. The second-order valence-corrected chi connectivity index (χ2v) is 13.0. The lowest BCUT2D eigenvalue weighted by molar-refractivity contribution is 0.607. The minimum Gasteiger partial charge on any atom is -0.207 e. The van der Waals surface area contributed by atoms with Crippen LogP contribution < -0.4 is 0 Å². The van der Waals surface area contributed by atoms with Crippen molar-refractivity contribution < 1.29 is 16.8 Å². The summed E-state index contributed by atoms with van der Waals surface area (Å²) in [7, 11) is 2.97. The standard InChI is InChI=1S/C24H14Cl4O4S2/c25-19-13-11-17(23(33(27,29)30)21(19)15-7-3-1-4-8-15)18-12-14-20(26)22(24(18)34(28,31)32)16-9-5-2-6-10-16/h1-14H. The van der Waals surface area contributed by atoms with Crippen molar-refractivity contribution in [3.63, 3.8) is 0 Å². The molecule has 0 unspecified atom stereocenters. The smallest absolute Gasteiger partial charge is 0.207 e. The molecule has 0 aliphatic heterocycles. The molecule has 34 heavy (non-hydrogen) atoms. The van der Waals surface area contributed by atoms with Crippen LogP contribution in [0.3, 0.4) is 0 Å². The summed E-state index contributed by atoms with van der Waals surface area (Å²) in [5.74, 6) is 0. The SMILES string of the molecule is O=S(=O)(Cl)c1c(-c2ccc(Cl)c(-c3ccccc3)c2S(=O)(=O)Cl)ccc(Cl)c1-c1ccccc1. The summed E-state index contributed by atoms with van der Waals surface area (Å²) in [6.45, 7) is 0. The second-order valence-electron chi connectivity index (χ2n) is 7.21. The molecule has 4 aromatic rings. The van der Waals surface area contributed by atoms with E-state index in [9.17, 15) is 16.8 Å². The Balaban J connectivity index is 2.20. The molecule has 0 aromatic heterocycles. The average Bonchev–Trinajstić information content (AvgIpc) is 2.78. The van der Waals surface area contributed by atoms with Crippen LogP contribution in [0.2, 0.25) is 10.0 Å². The molecule has 0 N–H and O–H groups in total. The van der Waals surface area contributed by atoms with Crippen molar-refractivity contribution in [2.45, 2.75) is 9.79 Å². The molecule has 0 bridgehead atoms. The fraction of sp³-hybridized carbons (Fsp3) is 0. The Kier molecular flexibility index (Phi) is 7.02. The van der Waals surface area contributed by atoms with Crippen LogP contribution >= 0.6 is 44.6 Å². The number of benzene rings is 4. The van der Waals surface area contributed by atoms with Crippen LogP contribution in [-0.2, 0) is 18.1 Å². The van der Waals surface area contributed by atoms with Gasteiger partial charge in [0.1, 0.15) is 0 Å². The Hall–Kier alpha value is -2.06. The van der Waals surface area contributed by atoms with Crippen LogP contribution in [0.4, 0.5) is 0 Å². The Morgan fingerprint density at radius 1 is 0.471 bits per heavy atom. The van der Waals surface area contributed by atoms with E-state index in [1.165, 1.54) is 24.3 Å². The topological polar surface area (TPSA) is 68.3 Å². The highest BCUT2D eigenvalue weighted by atomic mass is 35.7. The minimum atomic E-state index is -4.42. The van der Waals surface area contributed by atoms with Gasteiger partial charge in [-0.1, -0.05) is 96.0 Å². The zero-order valence-corrected chi connectivity index (χ0v) is 21.7. The highest BCUT2D eigenvalue weighted by Crippen LogP contribution is 2.47. The molecule has 0 radical (unpaired) electrons. The summed E-state index contributed by atoms with van der Waals surface area (Å²) in [5, 5.41) is 0.253. The van der Waals surface area contributed by atoms with E-state index in [1.54, 1.807) is 60.7 Å². The summed E-state index contributed by atoms with van der Waals surface area (Å²) >= 11 is 12.8. The highest BCUT2D eigenvalue weighted by molar-refractivity contribution is 8.14. The Morgan fingerprint density at radius 2 is 0.794 bits per heavy atom. The van der Waals surface area contributed by atoms with Crippen LogP contribution in [0.25, 0.3) is 33.4 Å². The maximum absolute atomic E-state index is 12.9. The first-order chi connectivity index (χ1) is 16.0. The quantitative estimate of drug-likeness (QED) is 0.229. The molecule has 0 spiro atoms. The third kappa shape index (κ3) is 4.85. The fourth-order valence-corrected chi connectivity index (χ4v) is 7.23. The molecular formula is C24H14Cl4O4S2. The van der Waals surface area contributed by atoms with Gasteiger partial charge in [0, 0.05) is 53.7 Å². The molecule has 4 aromatic carbocycles. The van der Waals surface area contributed by atoms with Gasteiger partial charge in [-0.2, -0.15) is 0 Å². The van der Waals surface area contributed by atoms with Crippen LogP contribution in [0.1, 0.15) is 0 Å². The van der Waals surface area contributed by atoms with Gasteiger partial charge in [0.15, 0.2) is 0 Å². The summed E-state index contributed by atoms with van der Waals surface area (Å²) < 4.78 is 51.4. The molecule has 0 fully saturated rings. The summed E-state index contributed by atoms with van der Waals surface area (Å²) in [4.78, 5) is -0.675. The molecule has 10 heteroatoms. The zero-order valence-electron chi connectivity index (χ0n) is 17.0. The van der Waals surface area contributed by atoms with Crippen LogP contribution in [-0.4, -0.2) is 16.8 Å². The zero-order chi connectivity index (χ0) is 24.7. The van der Waals surface area contributed by atoms with Crippen LogP contribution in [0.15, 0.2) is 94.7 Å². The average molecular weight is 572 g/mol. The molecule has 0 heterocycles. The number of hydrogen-bond acceptors (Lipinski definition) is 4. The molecule has 0 saturated heterocycles. The molecular weight excluding hydrogens is 558 g/mol. The predicted octanol–water partition coefficient (Wildman–Crippen LogP) is 7.85. The molecule has 0 amide bonds. The lowest BCUT2D eigenvalue weighted by Gasteiger charge is -2.19. The van der Waals surface area contributed by atoms with E-state index in [0.29, 0.717) is 11.1 Å². The monoisotopic (exact) mass is 570 g/mol. The van der Waals surface area contributed by atoms with E-state index >= 15 is 0 Å². The van der Waals surface area contributed by atoms with Crippen LogP contribution in [0.5, 0.6) is 0 Å². The number of hydrogen-bond donors (Lipinski definition) is 0. The summed E-state index contributed by atoms with van der Waals surface area (Å²) in [5.41, 5.74) is 1.30.